The van der Waals surface area contributed by atoms with Crippen LogP contribution in [0, 0.1) is 0 Å². The monoisotopic (exact) mass is 396 g/mol. The number of carboxylic acids is 1. The van der Waals surface area contributed by atoms with Crippen LogP contribution in [0.3, 0.4) is 0 Å². The first-order chi connectivity index (χ1) is 13.7. The van der Waals surface area contributed by atoms with E-state index >= 15 is 0 Å². The predicted octanol–water partition coefficient (Wildman–Crippen LogP) is 2.28. The molecule has 148 valence electrons. The van der Waals surface area contributed by atoms with Crippen LogP contribution in [0.1, 0.15) is 10.4 Å². The molecule has 0 bridgehead atoms. The quantitative estimate of drug-likeness (QED) is 0.577. The second-order valence-electron chi connectivity index (χ2n) is 6.14. The number of carbonyl (C=O) groups is 1. The summed E-state index contributed by atoms with van der Waals surface area (Å²) in [4.78, 5) is 35.1. The largest absolute Gasteiger partial charge is 0.505 e. The number of phenols is 1. The molecule has 1 heterocycles. The van der Waals surface area contributed by atoms with Crippen LogP contribution in [0.15, 0.2) is 62.3 Å². The molecule has 0 unspecified atom stereocenters. The highest BCUT2D eigenvalue weighted by Crippen LogP contribution is 2.38. The third-order valence-corrected chi connectivity index (χ3v) is 4.30. The number of aromatic hydroxyl groups is 2. The highest BCUT2D eigenvalue weighted by molar-refractivity contribution is 5.90. The maximum Gasteiger partial charge on any atom is 0.335 e. The summed E-state index contributed by atoms with van der Waals surface area (Å²) in [5, 5.41) is 37.2. The van der Waals surface area contributed by atoms with Crippen LogP contribution in [0.4, 0.5) is 11.4 Å². The summed E-state index contributed by atoms with van der Waals surface area (Å²) in [6, 6.07) is 10.5. The molecule has 0 saturated carbocycles. The molecule has 3 aromatic rings. The zero-order valence-corrected chi connectivity index (χ0v) is 15.4. The van der Waals surface area contributed by atoms with E-state index < -0.39 is 28.8 Å². The van der Waals surface area contributed by atoms with Crippen LogP contribution >= 0.6 is 0 Å². The van der Waals surface area contributed by atoms with Crippen LogP contribution in [0.2, 0.25) is 0 Å². The zero-order chi connectivity index (χ0) is 21.3. The number of azo groups is 1. The Morgan fingerprint density at radius 1 is 0.966 bits per heavy atom. The van der Waals surface area contributed by atoms with Gasteiger partial charge < -0.3 is 15.3 Å². The van der Waals surface area contributed by atoms with Gasteiger partial charge >= 0.3 is 11.7 Å². The van der Waals surface area contributed by atoms with Crippen molar-refractivity contribution in [3.8, 4) is 22.8 Å². The first-order valence-electron chi connectivity index (χ1n) is 8.28. The Balaban J connectivity index is 2.09. The van der Waals surface area contributed by atoms with Crippen LogP contribution in [-0.4, -0.2) is 30.4 Å². The molecule has 0 aliphatic rings. The van der Waals surface area contributed by atoms with E-state index in [2.05, 4.69) is 10.2 Å². The van der Waals surface area contributed by atoms with Crippen molar-refractivity contribution in [1.29, 1.82) is 0 Å². The number of phenolic OH excluding ortho intramolecular Hbond substituents is 1. The maximum absolute atomic E-state index is 12.2. The van der Waals surface area contributed by atoms with Crippen molar-refractivity contribution in [2.75, 3.05) is 0 Å². The molecule has 3 N–H and O–H groups in total. The molecule has 3 rings (SSSR count). The average Bonchev–Trinajstić information content (AvgIpc) is 2.72. The Morgan fingerprint density at radius 3 is 2.34 bits per heavy atom. The molecule has 0 atom stereocenters. The molecule has 10 heteroatoms. The van der Waals surface area contributed by atoms with Crippen LogP contribution < -0.4 is 11.2 Å². The molecule has 10 nitrogen and oxygen atoms in total. The summed E-state index contributed by atoms with van der Waals surface area (Å²) in [6.07, 6.45) is 0. The van der Waals surface area contributed by atoms with E-state index in [1.54, 1.807) is 24.3 Å². The molecule has 0 amide bonds. The number of rotatable bonds is 4. The summed E-state index contributed by atoms with van der Waals surface area (Å²) in [6.45, 7) is 0. The van der Waals surface area contributed by atoms with Crippen molar-refractivity contribution in [3.63, 3.8) is 0 Å². The fourth-order valence-electron chi connectivity index (χ4n) is 2.67. The van der Waals surface area contributed by atoms with E-state index in [0.29, 0.717) is 11.1 Å². The minimum Gasteiger partial charge on any atom is -0.505 e. The first-order valence-corrected chi connectivity index (χ1v) is 8.28. The Hall–Kier alpha value is -4.21. The maximum atomic E-state index is 12.2. The normalized spacial score (nSPS) is 11.1. The van der Waals surface area contributed by atoms with Gasteiger partial charge in [0.15, 0.2) is 5.75 Å². The number of para-hydroxylation sites is 1. The fraction of sp³-hybridized carbons (Fsp3) is 0.105. The van der Waals surface area contributed by atoms with Crippen molar-refractivity contribution in [1.82, 2.24) is 9.13 Å². The SMILES string of the molecule is Cn1c(O)c(N=Nc2cccc(-c3cccc(C(=O)O)c3)c2O)c(=O)n(C)c1=O. The van der Waals surface area contributed by atoms with Gasteiger partial charge in [0, 0.05) is 19.7 Å². The van der Waals surface area contributed by atoms with Crippen molar-refractivity contribution >= 4 is 17.3 Å². The molecular formula is C19H16N4O6. The number of hydrogen-bond acceptors (Lipinski definition) is 7. The van der Waals surface area contributed by atoms with Crippen LogP contribution in [0.5, 0.6) is 11.6 Å². The van der Waals surface area contributed by atoms with Gasteiger partial charge in [0.1, 0.15) is 5.69 Å². The summed E-state index contributed by atoms with van der Waals surface area (Å²) in [7, 11) is 2.50. The lowest BCUT2D eigenvalue weighted by atomic mass is 10.0. The topological polar surface area (TPSA) is 146 Å². The molecule has 2 aromatic carbocycles. The lowest BCUT2D eigenvalue weighted by molar-refractivity contribution is 0.0697. The van der Waals surface area contributed by atoms with Crippen molar-refractivity contribution in [2.45, 2.75) is 0 Å². The number of benzene rings is 2. The van der Waals surface area contributed by atoms with Gasteiger partial charge in [-0.1, -0.05) is 24.3 Å². The van der Waals surface area contributed by atoms with Crippen molar-refractivity contribution < 1.29 is 20.1 Å². The molecular weight excluding hydrogens is 380 g/mol. The van der Waals surface area contributed by atoms with E-state index in [1.807, 2.05) is 0 Å². The third-order valence-electron chi connectivity index (χ3n) is 4.30. The van der Waals surface area contributed by atoms with Gasteiger partial charge in [-0.3, -0.25) is 13.9 Å². The average molecular weight is 396 g/mol. The number of aromatic nitrogens is 2. The Labute approximate surface area is 163 Å². The van der Waals surface area contributed by atoms with Gasteiger partial charge in [0.25, 0.3) is 5.56 Å². The lowest BCUT2D eigenvalue weighted by Gasteiger charge is -2.08. The van der Waals surface area contributed by atoms with Crippen molar-refractivity contribution in [2.24, 2.45) is 24.3 Å². The third kappa shape index (κ3) is 3.50. The minimum absolute atomic E-state index is 0.0152. The number of nitrogens with zero attached hydrogens (tertiary/aromatic N) is 4. The zero-order valence-electron chi connectivity index (χ0n) is 15.4. The standard InChI is InChI=1S/C19H16N4O6/c1-22-16(25)14(17(26)23(2)19(22)29)21-20-13-8-4-7-12(15(13)24)10-5-3-6-11(9-10)18(27)28/h3-9,24-25H,1-2H3,(H,27,28). The number of hydrogen-bond donors (Lipinski definition) is 3. The van der Waals surface area contributed by atoms with E-state index in [-0.39, 0.29) is 17.0 Å². The van der Waals surface area contributed by atoms with Gasteiger partial charge in [0.2, 0.25) is 11.6 Å². The van der Waals surface area contributed by atoms with Gasteiger partial charge in [0.05, 0.1) is 5.56 Å². The Morgan fingerprint density at radius 2 is 1.66 bits per heavy atom. The molecule has 0 aliphatic heterocycles. The van der Waals surface area contributed by atoms with Gasteiger partial charge in [-0.15, -0.1) is 10.2 Å². The Bertz CT molecular complexity index is 1270. The van der Waals surface area contributed by atoms with E-state index in [1.165, 1.54) is 32.3 Å². The predicted molar refractivity (Wildman–Crippen MR) is 103 cm³/mol. The summed E-state index contributed by atoms with van der Waals surface area (Å²) >= 11 is 0. The van der Waals surface area contributed by atoms with E-state index in [4.69, 9.17) is 5.11 Å². The Kier molecular flexibility index (Phi) is 5.01. The lowest BCUT2D eigenvalue weighted by Crippen LogP contribution is -2.36. The second-order valence-corrected chi connectivity index (χ2v) is 6.14. The second kappa shape index (κ2) is 7.43. The number of carboxylic acid groups (broad SMARTS) is 1. The molecule has 1 aromatic heterocycles. The molecule has 0 aliphatic carbocycles. The molecule has 0 saturated heterocycles. The molecule has 29 heavy (non-hydrogen) atoms. The van der Waals surface area contributed by atoms with Crippen LogP contribution in [0.25, 0.3) is 11.1 Å². The van der Waals surface area contributed by atoms with Crippen LogP contribution in [-0.2, 0) is 14.1 Å². The van der Waals surface area contributed by atoms with E-state index in [9.17, 15) is 24.6 Å². The fourth-order valence-corrected chi connectivity index (χ4v) is 2.67. The minimum atomic E-state index is -1.11. The molecule has 0 spiro atoms. The van der Waals surface area contributed by atoms with Gasteiger partial charge in [-0.05, 0) is 23.8 Å². The highest BCUT2D eigenvalue weighted by atomic mass is 16.4. The number of aromatic carboxylic acids is 1. The summed E-state index contributed by atoms with van der Waals surface area (Å²) < 4.78 is 1.60. The highest BCUT2D eigenvalue weighted by Gasteiger charge is 2.15. The first kappa shape index (κ1) is 19.5. The molecule has 0 radical (unpaired) electrons. The summed E-state index contributed by atoms with van der Waals surface area (Å²) in [5.41, 5.74) is -1.26. The smallest absolute Gasteiger partial charge is 0.335 e. The van der Waals surface area contributed by atoms with Gasteiger partial charge in [-0.25, -0.2) is 9.59 Å². The molecule has 0 fully saturated rings. The van der Waals surface area contributed by atoms with Crippen molar-refractivity contribution in [3.05, 3.63) is 68.9 Å². The van der Waals surface area contributed by atoms with E-state index in [0.717, 1.165) is 9.13 Å². The summed E-state index contributed by atoms with van der Waals surface area (Å²) in [5.74, 6) is -2.06. The van der Waals surface area contributed by atoms with Gasteiger partial charge in [-0.2, -0.15) is 0 Å².